The molecule has 0 aliphatic rings. The van der Waals surface area contributed by atoms with Gasteiger partial charge in [0.15, 0.2) is 0 Å². The van der Waals surface area contributed by atoms with Gasteiger partial charge in [-0.25, -0.2) is 4.98 Å². The number of rotatable bonds is 3. The van der Waals surface area contributed by atoms with Crippen LogP contribution in [-0.4, -0.2) is 4.98 Å². The number of halogens is 1. The molecule has 0 saturated carbocycles. The van der Waals surface area contributed by atoms with Gasteiger partial charge in [-0.15, -0.1) is 11.3 Å². The quantitative estimate of drug-likeness (QED) is 0.791. The summed E-state index contributed by atoms with van der Waals surface area (Å²) < 4.78 is 1.22. The Kier molecular flexibility index (Phi) is 3.51. The third-order valence-corrected chi connectivity index (χ3v) is 4.34. The summed E-state index contributed by atoms with van der Waals surface area (Å²) in [6.07, 6.45) is 0.784. The molecule has 0 atom stereocenters. The van der Waals surface area contributed by atoms with Gasteiger partial charge in [0, 0.05) is 18.0 Å². The summed E-state index contributed by atoms with van der Waals surface area (Å²) in [7, 11) is 0. The molecule has 0 amide bonds. The van der Waals surface area contributed by atoms with Crippen LogP contribution >= 0.6 is 22.9 Å². The van der Waals surface area contributed by atoms with E-state index in [2.05, 4.69) is 11.1 Å². The normalized spacial score (nSPS) is 11.1. The van der Waals surface area contributed by atoms with Crippen LogP contribution in [0.2, 0.25) is 5.02 Å². The Morgan fingerprint density at radius 2 is 1.95 bits per heavy atom. The molecule has 19 heavy (non-hydrogen) atoms. The highest BCUT2D eigenvalue weighted by Crippen LogP contribution is 2.25. The van der Waals surface area contributed by atoms with E-state index in [4.69, 9.17) is 17.3 Å². The minimum Gasteiger partial charge on any atom is -0.326 e. The van der Waals surface area contributed by atoms with Gasteiger partial charge < -0.3 is 5.73 Å². The predicted octanol–water partition coefficient (Wildman–Crippen LogP) is 4.00. The van der Waals surface area contributed by atoms with Crippen LogP contribution in [0.1, 0.15) is 16.1 Å². The van der Waals surface area contributed by atoms with Crippen molar-refractivity contribution in [2.45, 2.75) is 13.0 Å². The van der Waals surface area contributed by atoms with E-state index in [9.17, 15) is 0 Å². The highest BCUT2D eigenvalue weighted by atomic mass is 35.5. The van der Waals surface area contributed by atoms with Gasteiger partial charge in [0.2, 0.25) is 0 Å². The third kappa shape index (κ3) is 2.63. The maximum Gasteiger partial charge on any atom is 0.0982 e. The fourth-order valence-electron chi connectivity index (χ4n) is 2.12. The summed E-state index contributed by atoms with van der Waals surface area (Å²) in [5, 5.41) is 1.84. The average Bonchev–Trinajstić information content (AvgIpc) is 2.81. The second-order valence-electron chi connectivity index (χ2n) is 4.37. The van der Waals surface area contributed by atoms with Gasteiger partial charge in [0.1, 0.15) is 0 Å². The molecular formula is C15H13ClN2S. The van der Waals surface area contributed by atoms with Gasteiger partial charge in [-0.05, 0) is 35.4 Å². The van der Waals surface area contributed by atoms with Gasteiger partial charge in [-0.1, -0.05) is 29.8 Å². The zero-order chi connectivity index (χ0) is 13.2. The Morgan fingerprint density at radius 3 is 2.74 bits per heavy atom. The smallest absolute Gasteiger partial charge is 0.0982 e. The van der Waals surface area contributed by atoms with Gasteiger partial charge >= 0.3 is 0 Å². The summed E-state index contributed by atoms with van der Waals surface area (Å²) in [4.78, 5) is 4.65. The highest BCUT2D eigenvalue weighted by molar-refractivity contribution is 7.18. The largest absolute Gasteiger partial charge is 0.326 e. The van der Waals surface area contributed by atoms with E-state index in [1.807, 2.05) is 36.4 Å². The van der Waals surface area contributed by atoms with Crippen LogP contribution in [0, 0.1) is 0 Å². The lowest BCUT2D eigenvalue weighted by atomic mass is 10.1. The predicted molar refractivity (Wildman–Crippen MR) is 81.8 cm³/mol. The molecule has 0 radical (unpaired) electrons. The first-order valence-electron chi connectivity index (χ1n) is 6.08. The molecule has 1 aromatic heterocycles. The summed E-state index contributed by atoms with van der Waals surface area (Å²) in [5.41, 5.74) is 9.11. The second kappa shape index (κ2) is 5.29. The van der Waals surface area contributed by atoms with Crippen molar-refractivity contribution in [3.8, 4) is 0 Å². The molecule has 2 N–H and O–H groups in total. The molecule has 0 unspecified atom stereocenters. The number of fused-ring (bicyclic) bond motifs is 1. The van der Waals surface area contributed by atoms with Crippen molar-refractivity contribution in [3.63, 3.8) is 0 Å². The first-order chi connectivity index (χ1) is 9.26. The van der Waals surface area contributed by atoms with Crippen LogP contribution in [0.15, 0.2) is 42.5 Å². The maximum atomic E-state index is 6.06. The molecule has 3 rings (SSSR count). The molecule has 4 heteroatoms. The molecule has 0 saturated heterocycles. The van der Waals surface area contributed by atoms with E-state index in [1.54, 1.807) is 11.3 Å². The van der Waals surface area contributed by atoms with E-state index in [1.165, 1.54) is 4.70 Å². The van der Waals surface area contributed by atoms with E-state index in [0.29, 0.717) is 6.54 Å². The topological polar surface area (TPSA) is 38.9 Å². The Bertz CT molecular complexity index is 688. The SMILES string of the molecule is NCc1ccc(Cl)cc1Cc1nc2ccccc2s1. The van der Waals surface area contributed by atoms with Crippen molar-refractivity contribution in [1.29, 1.82) is 0 Å². The second-order valence-corrected chi connectivity index (χ2v) is 5.92. The van der Waals surface area contributed by atoms with Crippen LogP contribution in [0.5, 0.6) is 0 Å². The molecule has 1 heterocycles. The molecule has 0 bridgehead atoms. The molecule has 0 spiro atoms. The van der Waals surface area contributed by atoms with Crippen LogP contribution in [-0.2, 0) is 13.0 Å². The van der Waals surface area contributed by atoms with Crippen molar-refractivity contribution >= 4 is 33.2 Å². The highest BCUT2D eigenvalue weighted by Gasteiger charge is 2.08. The lowest BCUT2D eigenvalue weighted by Gasteiger charge is -2.06. The minimum atomic E-state index is 0.525. The number of aromatic nitrogens is 1. The fourth-order valence-corrected chi connectivity index (χ4v) is 3.30. The summed E-state index contributed by atoms with van der Waals surface area (Å²) >= 11 is 7.78. The molecule has 3 aromatic rings. The standard InChI is InChI=1S/C15H13ClN2S/c16-12-6-5-10(9-17)11(7-12)8-15-18-13-3-1-2-4-14(13)19-15/h1-7H,8-9,17H2. The van der Waals surface area contributed by atoms with Crippen molar-refractivity contribution in [2.24, 2.45) is 5.73 Å². The number of thiazole rings is 1. The van der Waals surface area contributed by atoms with E-state index >= 15 is 0 Å². The van der Waals surface area contributed by atoms with Gasteiger partial charge in [0.05, 0.1) is 15.2 Å². The van der Waals surface area contributed by atoms with Crippen molar-refractivity contribution < 1.29 is 0 Å². The lowest BCUT2D eigenvalue weighted by Crippen LogP contribution is -2.02. The number of hydrogen-bond acceptors (Lipinski definition) is 3. The first-order valence-corrected chi connectivity index (χ1v) is 7.27. The van der Waals surface area contributed by atoms with Crippen molar-refractivity contribution in [3.05, 3.63) is 63.6 Å². The van der Waals surface area contributed by atoms with Crippen LogP contribution < -0.4 is 5.73 Å². The van der Waals surface area contributed by atoms with Gasteiger partial charge in [-0.3, -0.25) is 0 Å². The zero-order valence-electron chi connectivity index (χ0n) is 10.3. The van der Waals surface area contributed by atoms with Crippen molar-refractivity contribution in [2.75, 3.05) is 0 Å². The number of hydrogen-bond donors (Lipinski definition) is 1. The van der Waals surface area contributed by atoms with Crippen LogP contribution in [0.3, 0.4) is 0 Å². The molecule has 0 aliphatic heterocycles. The van der Waals surface area contributed by atoms with E-state index < -0.39 is 0 Å². The van der Waals surface area contributed by atoms with Gasteiger partial charge in [-0.2, -0.15) is 0 Å². The Hall–Kier alpha value is -1.42. The number of nitrogens with zero attached hydrogens (tertiary/aromatic N) is 1. The van der Waals surface area contributed by atoms with Crippen LogP contribution in [0.4, 0.5) is 0 Å². The fraction of sp³-hybridized carbons (Fsp3) is 0.133. The molecule has 96 valence electrons. The molecule has 2 nitrogen and oxygen atoms in total. The summed E-state index contributed by atoms with van der Waals surface area (Å²) in [6, 6.07) is 14.0. The minimum absolute atomic E-state index is 0.525. The molecule has 0 fully saturated rings. The number of benzene rings is 2. The number of nitrogens with two attached hydrogens (primary N) is 1. The van der Waals surface area contributed by atoms with E-state index in [0.717, 1.165) is 33.1 Å². The monoisotopic (exact) mass is 288 g/mol. The van der Waals surface area contributed by atoms with E-state index in [-0.39, 0.29) is 0 Å². The number of para-hydroxylation sites is 1. The average molecular weight is 289 g/mol. The summed E-state index contributed by atoms with van der Waals surface area (Å²) in [5.74, 6) is 0. The maximum absolute atomic E-state index is 6.06. The lowest BCUT2D eigenvalue weighted by molar-refractivity contribution is 1.01. The third-order valence-electron chi connectivity index (χ3n) is 3.07. The zero-order valence-corrected chi connectivity index (χ0v) is 11.8. The summed E-state index contributed by atoms with van der Waals surface area (Å²) in [6.45, 7) is 0.525. The first kappa shape index (κ1) is 12.6. The Labute approximate surface area is 120 Å². The van der Waals surface area contributed by atoms with Crippen LogP contribution in [0.25, 0.3) is 10.2 Å². The molecule has 0 aliphatic carbocycles. The Balaban J connectivity index is 1.98. The Morgan fingerprint density at radius 1 is 1.11 bits per heavy atom. The molecular weight excluding hydrogens is 276 g/mol. The van der Waals surface area contributed by atoms with Gasteiger partial charge in [0.25, 0.3) is 0 Å². The molecule has 2 aromatic carbocycles. The van der Waals surface area contributed by atoms with Crippen molar-refractivity contribution in [1.82, 2.24) is 4.98 Å².